The van der Waals surface area contributed by atoms with E-state index in [1.54, 1.807) is 31.4 Å². The summed E-state index contributed by atoms with van der Waals surface area (Å²) in [6, 6.07) is 18.2. The van der Waals surface area contributed by atoms with Gasteiger partial charge in [-0.15, -0.1) is 0 Å². The highest BCUT2D eigenvalue weighted by molar-refractivity contribution is 9.10. The largest absolute Gasteiger partial charge is 0.493 e. The van der Waals surface area contributed by atoms with Crippen LogP contribution in [0.25, 0.3) is 0 Å². The molecule has 0 radical (unpaired) electrons. The summed E-state index contributed by atoms with van der Waals surface area (Å²) in [5.74, 6) is 0.848. The molecule has 0 aliphatic carbocycles. The monoisotopic (exact) mass is 520 g/mol. The first-order valence-corrected chi connectivity index (χ1v) is 10.8. The van der Waals surface area contributed by atoms with Crippen molar-refractivity contribution >= 4 is 51.3 Å². The molecule has 3 rings (SSSR count). The molecule has 0 spiro atoms. The Bertz CT molecular complexity index is 1090. The van der Waals surface area contributed by atoms with Crippen LogP contribution in [0.5, 0.6) is 11.5 Å². The fraction of sp³-hybridized carbons (Fsp3) is 0.130. The van der Waals surface area contributed by atoms with Crippen molar-refractivity contribution in [3.63, 3.8) is 0 Å². The molecule has 5 nitrogen and oxygen atoms in total. The molecule has 3 aromatic rings. The zero-order valence-corrected chi connectivity index (χ0v) is 19.7. The van der Waals surface area contributed by atoms with Crippen LogP contribution in [0.15, 0.2) is 70.2 Å². The van der Waals surface area contributed by atoms with E-state index in [4.69, 9.17) is 32.7 Å². The number of ether oxygens (including phenoxy) is 2. The van der Waals surface area contributed by atoms with Gasteiger partial charge in [0.05, 0.1) is 19.7 Å². The van der Waals surface area contributed by atoms with E-state index in [-0.39, 0.29) is 18.9 Å². The molecule has 3 aromatic carbocycles. The third-order valence-corrected chi connectivity index (χ3v) is 5.56. The first-order valence-electron chi connectivity index (χ1n) is 9.26. The summed E-state index contributed by atoms with van der Waals surface area (Å²) in [6.07, 6.45) is 1.79. The molecular formula is C23H19BrCl2N2O3. The predicted octanol–water partition coefficient (Wildman–Crippen LogP) is 6.04. The molecule has 0 heterocycles. The van der Waals surface area contributed by atoms with Crippen LogP contribution < -0.4 is 14.9 Å². The molecule has 0 aliphatic heterocycles. The van der Waals surface area contributed by atoms with Gasteiger partial charge in [-0.25, -0.2) is 5.43 Å². The van der Waals surface area contributed by atoms with Gasteiger partial charge in [0.2, 0.25) is 5.91 Å². The van der Waals surface area contributed by atoms with Gasteiger partial charge >= 0.3 is 0 Å². The van der Waals surface area contributed by atoms with Crippen LogP contribution in [0.4, 0.5) is 0 Å². The Hall–Kier alpha value is -2.54. The van der Waals surface area contributed by atoms with Crippen molar-refractivity contribution < 1.29 is 14.3 Å². The van der Waals surface area contributed by atoms with Crippen LogP contribution in [-0.2, 0) is 17.8 Å². The number of nitrogens with one attached hydrogen (secondary N) is 1. The Morgan fingerprint density at radius 2 is 1.87 bits per heavy atom. The number of halogens is 3. The zero-order chi connectivity index (χ0) is 22.2. The zero-order valence-electron chi connectivity index (χ0n) is 16.6. The van der Waals surface area contributed by atoms with E-state index in [9.17, 15) is 4.79 Å². The average Bonchev–Trinajstić information content (AvgIpc) is 2.75. The first kappa shape index (κ1) is 23.1. The van der Waals surface area contributed by atoms with E-state index in [1.807, 2.05) is 36.4 Å². The van der Waals surface area contributed by atoms with Gasteiger partial charge in [-0.2, -0.15) is 5.10 Å². The third-order valence-electron chi connectivity index (χ3n) is 4.28. The van der Waals surface area contributed by atoms with Crippen molar-refractivity contribution in [1.82, 2.24) is 5.43 Å². The smallest absolute Gasteiger partial charge is 0.244 e. The quantitative estimate of drug-likeness (QED) is 0.290. The Balaban J connectivity index is 1.65. The molecule has 1 N–H and O–H groups in total. The number of rotatable bonds is 8. The fourth-order valence-corrected chi connectivity index (χ4v) is 3.60. The molecule has 0 aliphatic rings. The summed E-state index contributed by atoms with van der Waals surface area (Å²) >= 11 is 15.6. The maximum Gasteiger partial charge on any atom is 0.244 e. The Morgan fingerprint density at radius 3 is 2.58 bits per heavy atom. The molecular weight excluding hydrogens is 503 g/mol. The second-order valence-electron chi connectivity index (χ2n) is 6.50. The number of hydrogen-bond donors (Lipinski definition) is 1. The number of carbonyl (C=O) groups is 1. The molecule has 8 heteroatoms. The van der Waals surface area contributed by atoms with Crippen molar-refractivity contribution in [2.45, 2.75) is 13.0 Å². The summed E-state index contributed by atoms with van der Waals surface area (Å²) in [6.45, 7) is 0.252. The minimum absolute atomic E-state index is 0.203. The SMILES string of the molecule is COc1cc(C=NNC(=O)Cc2ccccc2)c(Br)cc1OCc1ccc(Cl)cc1Cl. The molecule has 0 bridgehead atoms. The number of methoxy groups -OCH3 is 1. The van der Waals surface area contributed by atoms with Crippen LogP contribution in [0.3, 0.4) is 0 Å². The molecule has 1 amide bonds. The first-order chi connectivity index (χ1) is 15.0. The van der Waals surface area contributed by atoms with Crippen LogP contribution in [0.1, 0.15) is 16.7 Å². The maximum atomic E-state index is 12.0. The number of benzene rings is 3. The standard InChI is InChI=1S/C23H19BrCl2N2O3/c1-30-21-10-17(13-27-28-23(29)9-15-5-3-2-4-6-15)19(24)12-22(21)31-14-16-7-8-18(25)11-20(16)26/h2-8,10-13H,9,14H2,1H3,(H,28,29). The highest BCUT2D eigenvalue weighted by atomic mass is 79.9. The number of hydrazone groups is 1. The van der Waals surface area contributed by atoms with Crippen LogP contribution in [-0.4, -0.2) is 19.2 Å². The number of nitrogens with zero attached hydrogens (tertiary/aromatic N) is 1. The lowest BCUT2D eigenvalue weighted by Crippen LogP contribution is -2.19. The summed E-state index contributed by atoms with van der Waals surface area (Å²) in [4.78, 5) is 12.0. The topological polar surface area (TPSA) is 59.9 Å². The van der Waals surface area contributed by atoms with Crippen LogP contribution in [0.2, 0.25) is 10.0 Å². The van der Waals surface area contributed by atoms with Gasteiger partial charge in [-0.1, -0.05) is 59.6 Å². The van der Waals surface area contributed by atoms with E-state index in [2.05, 4.69) is 26.5 Å². The van der Waals surface area contributed by atoms with Crippen molar-refractivity contribution in [1.29, 1.82) is 0 Å². The Labute approximate surface area is 199 Å². The minimum atomic E-state index is -0.203. The predicted molar refractivity (Wildman–Crippen MR) is 127 cm³/mol. The summed E-state index contributed by atoms with van der Waals surface area (Å²) in [7, 11) is 1.55. The summed E-state index contributed by atoms with van der Waals surface area (Å²) in [5, 5.41) is 5.13. The molecule has 0 aromatic heterocycles. The second kappa shape index (κ2) is 11.2. The lowest BCUT2D eigenvalue weighted by atomic mass is 10.1. The van der Waals surface area contributed by atoms with Crippen LogP contribution >= 0.6 is 39.1 Å². The van der Waals surface area contributed by atoms with E-state index in [1.165, 1.54) is 6.21 Å². The number of amides is 1. The molecule has 0 fully saturated rings. The van der Waals surface area contributed by atoms with E-state index >= 15 is 0 Å². The van der Waals surface area contributed by atoms with Gasteiger partial charge in [0.25, 0.3) is 0 Å². The second-order valence-corrected chi connectivity index (χ2v) is 8.20. The minimum Gasteiger partial charge on any atom is -0.493 e. The van der Waals surface area contributed by atoms with Gasteiger partial charge < -0.3 is 9.47 Å². The van der Waals surface area contributed by atoms with Crippen molar-refractivity contribution in [2.24, 2.45) is 5.10 Å². The fourth-order valence-electron chi connectivity index (χ4n) is 2.71. The normalized spacial score (nSPS) is 10.8. The van der Waals surface area contributed by atoms with Crippen molar-refractivity contribution in [2.75, 3.05) is 7.11 Å². The molecule has 0 unspecified atom stereocenters. The van der Waals surface area contributed by atoms with Crippen molar-refractivity contribution in [3.8, 4) is 11.5 Å². The number of hydrogen-bond acceptors (Lipinski definition) is 4. The van der Waals surface area contributed by atoms with Crippen molar-refractivity contribution in [3.05, 3.63) is 91.9 Å². The van der Waals surface area contributed by atoms with Crippen LogP contribution in [0, 0.1) is 0 Å². The van der Waals surface area contributed by atoms with Gasteiger partial charge in [0.1, 0.15) is 6.61 Å². The summed E-state index contributed by atoms with van der Waals surface area (Å²) in [5.41, 5.74) is 4.96. The number of carbonyl (C=O) groups excluding carboxylic acids is 1. The molecule has 0 saturated carbocycles. The summed E-state index contributed by atoms with van der Waals surface area (Å²) < 4.78 is 12.0. The van der Waals surface area contributed by atoms with E-state index < -0.39 is 0 Å². The maximum absolute atomic E-state index is 12.0. The van der Waals surface area contributed by atoms with E-state index in [0.29, 0.717) is 27.1 Å². The Kier molecular flexibility index (Phi) is 8.35. The molecule has 160 valence electrons. The lowest BCUT2D eigenvalue weighted by molar-refractivity contribution is -0.120. The third kappa shape index (κ3) is 6.72. The van der Waals surface area contributed by atoms with Gasteiger partial charge in [0.15, 0.2) is 11.5 Å². The highest BCUT2D eigenvalue weighted by Gasteiger charge is 2.11. The van der Waals surface area contributed by atoms with E-state index in [0.717, 1.165) is 15.6 Å². The lowest BCUT2D eigenvalue weighted by Gasteiger charge is -2.13. The average molecular weight is 522 g/mol. The molecule has 31 heavy (non-hydrogen) atoms. The Morgan fingerprint density at radius 1 is 1.10 bits per heavy atom. The van der Waals surface area contributed by atoms with Gasteiger partial charge in [0, 0.05) is 25.6 Å². The van der Waals surface area contributed by atoms with Gasteiger partial charge in [-0.05, 0) is 45.8 Å². The highest BCUT2D eigenvalue weighted by Crippen LogP contribution is 2.34. The molecule has 0 saturated heterocycles. The van der Waals surface area contributed by atoms with Gasteiger partial charge in [-0.3, -0.25) is 4.79 Å². The molecule has 0 atom stereocenters.